The second-order valence-electron chi connectivity index (χ2n) is 1.18. The predicted molar refractivity (Wildman–Crippen MR) is 32.0 cm³/mol. The monoisotopic (exact) mass is 134 g/mol. The lowest BCUT2D eigenvalue weighted by molar-refractivity contribution is -0.137. The number of carboxylic acid groups (broad SMARTS) is 1. The van der Waals surface area contributed by atoms with Crippen LogP contribution in [0.4, 0.5) is 0 Å². The van der Waals surface area contributed by atoms with Crippen molar-refractivity contribution < 1.29 is 20.1 Å². The molecule has 0 amide bonds. The van der Waals surface area contributed by atoms with Gasteiger partial charge in [0.05, 0.1) is 19.3 Å². The Balaban J connectivity index is 0. The van der Waals surface area contributed by atoms with Crippen molar-refractivity contribution in [2.24, 2.45) is 0 Å². The highest BCUT2D eigenvalue weighted by Gasteiger charge is 1.92. The molecule has 0 saturated carbocycles. The van der Waals surface area contributed by atoms with Crippen molar-refractivity contribution in [2.45, 2.75) is 6.42 Å². The number of hydrogen-bond donors (Lipinski definition) is 1. The largest absolute Gasteiger partial charge is 0.501 e. The zero-order valence-corrected chi connectivity index (χ0v) is 4.96. The molecule has 3 N–H and O–H groups in total. The first-order valence-electron chi connectivity index (χ1n) is 2.21. The smallest absolute Gasteiger partial charge is 0.306 e. The van der Waals surface area contributed by atoms with Gasteiger partial charge in [0.15, 0.2) is 0 Å². The Morgan fingerprint density at radius 2 is 2.33 bits per heavy atom. The van der Waals surface area contributed by atoms with Crippen molar-refractivity contribution in [3.63, 3.8) is 0 Å². The second kappa shape index (κ2) is 6.97. The van der Waals surface area contributed by atoms with E-state index in [0.29, 0.717) is 0 Å². The van der Waals surface area contributed by atoms with Crippen LogP contribution in [0.2, 0.25) is 0 Å². The molecule has 4 nitrogen and oxygen atoms in total. The van der Waals surface area contributed by atoms with Crippen molar-refractivity contribution in [1.29, 1.82) is 0 Å². The normalized spacial score (nSPS) is 7.11. The lowest BCUT2D eigenvalue weighted by Crippen LogP contribution is -1.98. The van der Waals surface area contributed by atoms with Gasteiger partial charge in [-0.05, 0) is 0 Å². The van der Waals surface area contributed by atoms with E-state index in [9.17, 15) is 4.79 Å². The summed E-state index contributed by atoms with van der Waals surface area (Å²) >= 11 is 0. The topological polar surface area (TPSA) is 78.0 Å². The zero-order valence-electron chi connectivity index (χ0n) is 4.96. The maximum absolute atomic E-state index is 9.76. The van der Waals surface area contributed by atoms with Gasteiger partial charge in [-0.1, -0.05) is 6.58 Å². The van der Waals surface area contributed by atoms with Gasteiger partial charge in [0, 0.05) is 0 Å². The first kappa shape index (κ1) is 10.9. The van der Waals surface area contributed by atoms with Gasteiger partial charge in [-0.2, -0.15) is 0 Å². The third kappa shape index (κ3) is 10.9. The van der Waals surface area contributed by atoms with E-state index < -0.39 is 5.97 Å². The average Bonchev–Trinajstić information content (AvgIpc) is 1.66. The lowest BCUT2D eigenvalue weighted by atomic mass is 10.5. The van der Waals surface area contributed by atoms with Crippen molar-refractivity contribution in [2.75, 3.05) is 6.61 Å². The molecule has 9 heavy (non-hydrogen) atoms. The fourth-order valence-electron chi connectivity index (χ4n) is 0.230. The summed E-state index contributed by atoms with van der Waals surface area (Å²) in [6.45, 7) is 3.45. The minimum atomic E-state index is -0.855. The first-order valence-corrected chi connectivity index (χ1v) is 2.21. The molecular formula is C5H10O4. The van der Waals surface area contributed by atoms with Gasteiger partial charge in [-0.3, -0.25) is 4.79 Å². The van der Waals surface area contributed by atoms with E-state index in [1.807, 2.05) is 0 Å². The highest BCUT2D eigenvalue weighted by Crippen LogP contribution is 1.80. The van der Waals surface area contributed by atoms with Crippen molar-refractivity contribution in [1.82, 2.24) is 0 Å². The molecule has 0 heterocycles. The number of aliphatic carboxylic acids is 1. The SMILES string of the molecule is C=COCCC(=O)O.O. The van der Waals surface area contributed by atoms with Crippen LogP contribution in [0, 0.1) is 0 Å². The Labute approximate surface area is 53.1 Å². The van der Waals surface area contributed by atoms with E-state index in [1.54, 1.807) is 0 Å². The summed E-state index contributed by atoms with van der Waals surface area (Å²) in [6, 6.07) is 0. The van der Waals surface area contributed by atoms with E-state index in [0.717, 1.165) is 0 Å². The highest BCUT2D eigenvalue weighted by molar-refractivity contribution is 5.66. The van der Waals surface area contributed by atoms with Crippen LogP contribution < -0.4 is 0 Å². The molecule has 0 radical (unpaired) electrons. The number of carboxylic acids is 1. The Kier molecular flexibility index (Phi) is 8.41. The summed E-state index contributed by atoms with van der Waals surface area (Å²) in [7, 11) is 0. The Hall–Kier alpha value is -1.03. The molecule has 0 aliphatic rings. The third-order valence-electron chi connectivity index (χ3n) is 0.552. The maximum atomic E-state index is 9.76. The average molecular weight is 134 g/mol. The van der Waals surface area contributed by atoms with Gasteiger partial charge < -0.3 is 15.3 Å². The summed E-state index contributed by atoms with van der Waals surface area (Å²) in [5, 5.41) is 8.03. The van der Waals surface area contributed by atoms with Crippen LogP contribution in [0.5, 0.6) is 0 Å². The van der Waals surface area contributed by atoms with Crippen LogP contribution in [0.1, 0.15) is 6.42 Å². The van der Waals surface area contributed by atoms with Crippen molar-refractivity contribution in [3.8, 4) is 0 Å². The van der Waals surface area contributed by atoms with Crippen LogP contribution in [0.3, 0.4) is 0 Å². The van der Waals surface area contributed by atoms with E-state index in [4.69, 9.17) is 5.11 Å². The molecule has 0 atom stereocenters. The van der Waals surface area contributed by atoms with Crippen LogP contribution in [0.25, 0.3) is 0 Å². The third-order valence-corrected chi connectivity index (χ3v) is 0.552. The Morgan fingerprint density at radius 1 is 1.78 bits per heavy atom. The molecule has 0 saturated heterocycles. The Morgan fingerprint density at radius 3 is 2.67 bits per heavy atom. The number of carbonyl (C=O) groups is 1. The molecule has 0 aromatic heterocycles. The summed E-state index contributed by atoms with van der Waals surface area (Å²) < 4.78 is 4.53. The van der Waals surface area contributed by atoms with E-state index in [2.05, 4.69) is 11.3 Å². The molecule has 0 rings (SSSR count). The van der Waals surface area contributed by atoms with Crippen LogP contribution >= 0.6 is 0 Å². The molecular weight excluding hydrogens is 124 g/mol. The van der Waals surface area contributed by atoms with Crippen molar-refractivity contribution in [3.05, 3.63) is 12.8 Å². The minimum absolute atomic E-state index is 0. The van der Waals surface area contributed by atoms with Crippen molar-refractivity contribution >= 4 is 5.97 Å². The lowest BCUT2D eigenvalue weighted by Gasteiger charge is -1.92. The van der Waals surface area contributed by atoms with Gasteiger partial charge in [-0.25, -0.2) is 0 Å². The molecule has 0 fully saturated rings. The maximum Gasteiger partial charge on any atom is 0.306 e. The minimum Gasteiger partial charge on any atom is -0.501 e. The molecule has 0 aromatic rings. The fourth-order valence-corrected chi connectivity index (χ4v) is 0.230. The summed E-state index contributed by atoms with van der Waals surface area (Å²) in [5.74, 6) is -0.855. The summed E-state index contributed by atoms with van der Waals surface area (Å²) in [6.07, 6.45) is 1.26. The first-order chi connectivity index (χ1) is 3.77. The summed E-state index contributed by atoms with van der Waals surface area (Å²) in [4.78, 5) is 9.76. The van der Waals surface area contributed by atoms with E-state index in [-0.39, 0.29) is 18.5 Å². The molecule has 54 valence electrons. The van der Waals surface area contributed by atoms with Crippen LogP contribution in [-0.4, -0.2) is 23.2 Å². The van der Waals surface area contributed by atoms with E-state index in [1.165, 1.54) is 6.26 Å². The number of rotatable bonds is 4. The van der Waals surface area contributed by atoms with Gasteiger partial charge in [0.2, 0.25) is 0 Å². The predicted octanol–water partition coefficient (Wildman–Crippen LogP) is -0.204. The molecule has 0 aromatic carbocycles. The molecule has 0 aliphatic heterocycles. The Bertz CT molecular complexity index is 89.0. The van der Waals surface area contributed by atoms with Gasteiger partial charge in [0.25, 0.3) is 0 Å². The van der Waals surface area contributed by atoms with Crippen LogP contribution in [-0.2, 0) is 9.53 Å². The number of ether oxygens (including phenoxy) is 1. The standard InChI is InChI=1S/C5H8O3.H2O/c1-2-8-4-3-5(6)7;/h2H,1,3-4H2,(H,6,7);1H2. The van der Waals surface area contributed by atoms with E-state index >= 15 is 0 Å². The molecule has 0 unspecified atom stereocenters. The zero-order chi connectivity index (χ0) is 6.41. The van der Waals surface area contributed by atoms with Gasteiger partial charge in [0.1, 0.15) is 0 Å². The summed E-state index contributed by atoms with van der Waals surface area (Å²) in [5.41, 5.74) is 0. The van der Waals surface area contributed by atoms with Gasteiger partial charge >= 0.3 is 5.97 Å². The fraction of sp³-hybridized carbons (Fsp3) is 0.400. The van der Waals surface area contributed by atoms with Gasteiger partial charge in [-0.15, -0.1) is 0 Å². The molecule has 0 aliphatic carbocycles. The molecule has 0 bridgehead atoms. The quantitative estimate of drug-likeness (QED) is 0.427. The number of hydrogen-bond acceptors (Lipinski definition) is 2. The second-order valence-corrected chi connectivity index (χ2v) is 1.18. The highest BCUT2D eigenvalue weighted by atomic mass is 16.5. The molecule has 0 spiro atoms. The molecule has 4 heteroatoms. The van der Waals surface area contributed by atoms with Crippen LogP contribution in [0.15, 0.2) is 12.8 Å².